The van der Waals surface area contributed by atoms with Crippen LogP contribution in [0.3, 0.4) is 0 Å². The number of likely N-dealkylation sites (N-methyl/N-ethyl adjacent to an activating group) is 1. The lowest BCUT2D eigenvalue weighted by Gasteiger charge is -2.44. The number of hydrogen-bond donors (Lipinski definition) is 1. The second-order valence-electron chi connectivity index (χ2n) is 13.5. The van der Waals surface area contributed by atoms with Gasteiger partial charge in [-0.3, -0.25) is 14.4 Å². The van der Waals surface area contributed by atoms with E-state index < -0.39 is 52.5 Å². The van der Waals surface area contributed by atoms with E-state index >= 15 is 0 Å². The van der Waals surface area contributed by atoms with Crippen molar-refractivity contribution in [3.05, 3.63) is 59.2 Å². The normalized spacial score (nSPS) is 19.2. The molecule has 1 saturated heterocycles. The number of nitrogens with zero attached hydrogens (tertiary/aromatic N) is 3. The Labute approximate surface area is 279 Å². The average molecular weight is 675 g/mol. The van der Waals surface area contributed by atoms with Gasteiger partial charge in [0.1, 0.15) is 11.4 Å². The highest BCUT2D eigenvalue weighted by Crippen LogP contribution is 2.45. The molecule has 13 heteroatoms. The second kappa shape index (κ2) is 14.1. The zero-order valence-corrected chi connectivity index (χ0v) is 28.6. The first kappa shape index (κ1) is 36.5. The molecule has 48 heavy (non-hydrogen) atoms. The molecule has 2 aliphatic heterocycles. The van der Waals surface area contributed by atoms with Crippen LogP contribution in [0.15, 0.2) is 42.5 Å². The molecule has 0 spiro atoms. The highest BCUT2D eigenvalue weighted by Gasteiger charge is 2.46. The minimum Gasteiger partial charge on any atom is -0.476 e. The third-order valence-corrected chi connectivity index (χ3v) is 8.49. The summed E-state index contributed by atoms with van der Waals surface area (Å²) in [5.41, 5.74) is -3.24. The molecule has 0 radical (unpaired) electrons. The van der Waals surface area contributed by atoms with E-state index in [9.17, 15) is 32.3 Å². The van der Waals surface area contributed by atoms with E-state index in [0.717, 1.165) is 17.7 Å². The number of carbonyl (C=O) groups excluding carboxylic acids is 4. The van der Waals surface area contributed by atoms with Gasteiger partial charge in [-0.1, -0.05) is 37.3 Å². The van der Waals surface area contributed by atoms with Gasteiger partial charge in [0.2, 0.25) is 5.91 Å². The number of likely N-dealkylation sites (tertiary alicyclic amines) is 1. The molecule has 2 atom stereocenters. The Bertz CT molecular complexity index is 1520. The molecular formula is C35H45F3N4O6. The molecule has 2 aromatic carbocycles. The lowest BCUT2D eigenvalue weighted by Crippen LogP contribution is -2.56. The van der Waals surface area contributed by atoms with E-state index in [1.165, 1.54) is 28.5 Å². The molecule has 2 aliphatic rings. The summed E-state index contributed by atoms with van der Waals surface area (Å²) in [7, 11) is 0. The number of halogens is 3. The van der Waals surface area contributed by atoms with E-state index in [-0.39, 0.29) is 55.9 Å². The fourth-order valence-corrected chi connectivity index (χ4v) is 6.19. The fourth-order valence-electron chi connectivity index (χ4n) is 6.19. The van der Waals surface area contributed by atoms with Gasteiger partial charge in [0.15, 0.2) is 5.60 Å². The molecule has 1 fully saturated rings. The Hall–Kier alpha value is -4.29. The summed E-state index contributed by atoms with van der Waals surface area (Å²) in [6.45, 7) is 11.9. The number of piperidine rings is 1. The van der Waals surface area contributed by atoms with Crippen LogP contribution in [-0.2, 0) is 20.5 Å². The fraction of sp³-hybridized carbons (Fsp3) is 0.543. The maximum absolute atomic E-state index is 14.7. The maximum atomic E-state index is 14.7. The van der Waals surface area contributed by atoms with Crippen LogP contribution >= 0.6 is 0 Å². The van der Waals surface area contributed by atoms with Gasteiger partial charge < -0.3 is 29.5 Å². The summed E-state index contributed by atoms with van der Waals surface area (Å²) in [4.78, 5) is 57.1. The monoisotopic (exact) mass is 674 g/mol. The number of nitrogens with one attached hydrogen (secondary N) is 1. The SMILES string of the molecule is CCC(=O)NCCN1C(=O)C(C)(C)Oc2cc(C(F)(F)F)c(C(=O)N(CC)[C@H]3CN(C(=O)OC(C)(C)C)CC[C@@H]3c3ccccc3)cc21. The van der Waals surface area contributed by atoms with Crippen molar-refractivity contribution in [2.75, 3.05) is 37.6 Å². The minimum atomic E-state index is -4.94. The van der Waals surface area contributed by atoms with Crippen molar-refractivity contribution in [2.24, 2.45) is 0 Å². The van der Waals surface area contributed by atoms with Crippen molar-refractivity contribution < 1.29 is 41.8 Å². The number of anilines is 1. The number of alkyl halides is 3. The number of amides is 4. The predicted molar refractivity (Wildman–Crippen MR) is 174 cm³/mol. The Morgan fingerprint density at radius 1 is 1.08 bits per heavy atom. The van der Waals surface area contributed by atoms with Crippen LogP contribution in [0.2, 0.25) is 0 Å². The Kier molecular flexibility index (Phi) is 10.7. The zero-order valence-electron chi connectivity index (χ0n) is 28.6. The molecule has 2 heterocycles. The summed E-state index contributed by atoms with van der Waals surface area (Å²) in [6, 6.07) is 10.5. The first-order valence-corrected chi connectivity index (χ1v) is 16.2. The highest BCUT2D eigenvalue weighted by atomic mass is 19.4. The van der Waals surface area contributed by atoms with Crippen molar-refractivity contribution in [1.29, 1.82) is 0 Å². The third-order valence-electron chi connectivity index (χ3n) is 8.49. The molecule has 0 bridgehead atoms. The zero-order chi connectivity index (χ0) is 35.6. The van der Waals surface area contributed by atoms with Gasteiger partial charge in [-0.2, -0.15) is 13.2 Å². The second-order valence-corrected chi connectivity index (χ2v) is 13.5. The number of carbonyl (C=O) groups is 4. The van der Waals surface area contributed by atoms with E-state index in [1.807, 2.05) is 30.3 Å². The van der Waals surface area contributed by atoms with Gasteiger partial charge in [-0.25, -0.2) is 4.79 Å². The molecule has 1 N–H and O–H groups in total. The lowest BCUT2D eigenvalue weighted by atomic mass is 9.84. The topological polar surface area (TPSA) is 108 Å². The molecule has 0 aromatic heterocycles. The highest BCUT2D eigenvalue weighted by molar-refractivity contribution is 6.05. The summed E-state index contributed by atoms with van der Waals surface area (Å²) in [5, 5.41) is 2.68. The smallest absolute Gasteiger partial charge is 0.417 e. The maximum Gasteiger partial charge on any atom is 0.417 e. The first-order valence-electron chi connectivity index (χ1n) is 16.2. The van der Waals surface area contributed by atoms with Gasteiger partial charge in [-0.15, -0.1) is 0 Å². The van der Waals surface area contributed by atoms with Crippen LogP contribution in [0.4, 0.5) is 23.7 Å². The van der Waals surface area contributed by atoms with Crippen LogP contribution in [0, 0.1) is 0 Å². The van der Waals surface area contributed by atoms with Crippen LogP contribution in [-0.4, -0.2) is 83.6 Å². The van der Waals surface area contributed by atoms with Gasteiger partial charge in [0, 0.05) is 45.1 Å². The number of rotatable bonds is 8. The van der Waals surface area contributed by atoms with Gasteiger partial charge in [-0.05, 0) is 65.7 Å². The van der Waals surface area contributed by atoms with Gasteiger partial charge in [0.05, 0.1) is 22.9 Å². The standard InChI is InChI=1S/C35H45F3N4O6/c1-8-29(43)39-16-18-42-26-19-24(25(35(36,37)38)20-28(26)47-34(6,7)31(42)45)30(44)41(9-2)27-21-40(32(46)48-33(3,4)5)17-15-23(27)22-13-11-10-12-14-22/h10-14,19-20,23,27H,8-9,15-18,21H2,1-7H3,(H,39,43)/t23-,27+/m1/s1. The molecule has 4 amide bonds. The molecule has 0 saturated carbocycles. The van der Waals surface area contributed by atoms with E-state index in [1.54, 1.807) is 34.6 Å². The minimum absolute atomic E-state index is 0.00360. The van der Waals surface area contributed by atoms with Crippen molar-refractivity contribution in [3.8, 4) is 5.75 Å². The van der Waals surface area contributed by atoms with Crippen LogP contribution in [0.5, 0.6) is 5.75 Å². The van der Waals surface area contributed by atoms with Gasteiger partial charge >= 0.3 is 12.3 Å². The molecule has 4 rings (SSSR count). The summed E-state index contributed by atoms with van der Waals surface area (Å²) in [5.74, 6) is -2.18. The van der Waals surface area contributed by atoms with Crippen LogP contribution < -0.4 is 15.0 Å². The Morgan fingerprint density at radius 3 is 2.33 bits per heavy atom. The molecule has 262 valence electrons. The summed E-state index contributed by atoms with van der Waals surface area (Å²) >= 11 is 0. The predicted octanol–water partition coefficient (Wildman–Crippen LogP) is 5.99. The van der Waals surface area contributed by atoms with E-state index in [4.69, 9.17) is 9.47 Å². The van der Waals surface area contributed by atoms with Crippen molar-refractivity contribution >= 4 is 29.5 Å². The Balaban J connectivity index is 1.80. The first-order chi connectivity index (χ1) is 22.4. The number of benzene rings is 2. The molecule has 10 nitrogen and oxygen atoms in total. The quantitative estimate of drug-likeness (QED) is 0.369. The molecular weight excluding hydrogens is 629 g/mol. The van der Waals surface area contributed by atoms with E-state index in [2.05, 4.69) is 5.32 Å². The third kappa shape index (κ3) is 8.04. The summed E-state index contributed by atoms with van der Waals surface area (Å²) < 4.78 is 55.6. The van der Waals surface area contributed by atoms with Crippen molar-refractivity contribution in [2.45, 2.75) is 90.6 Å². The molecule has 0 unspecified atom stereocenters. The summed E-state index contributed by atoms with van der Waals surface area (Å²) in [6.07, 6.45) is -4.85. The largest absolute Gasteiger partial charge is 0.476 e. The van der Waals surface area contributed by atoms with Gasteiger partial charge in [0.25, 0.3) is 11.8 Å². The van der Waals surface area contributed by atoms with Crippen LogP contribution in [0.25, 0.3) is 0 Å². The van der Waals surface area contributed by atoms with Crippen molar-refractivity contribution in [1.82, 2.24) is 15.1 Å². The number of ether oxygens (including phenoxy) is 2. The molecule has 0 aliphatic carbocycles. The Morgan fingerprint density at radius 2 is 1.75 bits per heavy atom. The number of hydrogen-bond acceptors (Lipinski definition) is 6. The van der Waals surface area contributed by atoms with Crippen molar-refractivity contribution in [3.63, 3.8) is 0 Å². The molecule has 2 aromatic rings. The average Bonchev–Trinajstić information content (AvgIpc) is 3.01. The van der Waals surface area contributed by atoms with Crippen LogP contribution in [0.1, 0.15) is 88.7 Å². The lowest BCUT2D eigenvalue weighted by molar-refractivity contribution is -0.138. The van der Waals surface area contributed by atoms with E-state index in [0.29, 0.717) is 13.0 Å². The number of fused-ring (bicyclic) bond motifs is 1.